The van der Waals surface area contributed by atoms with Crippen LogP contribution >= 0.6 is 27.3 Å². The molecule has 1 N–H and O–H groups in total. The summed E-state index contributed by atoms with van der Waals surface area (Å²) in [7, 11) is 1.77. The Morgan fingerprint density at radius 3 is 2.89 bits per heavy atom. The number of hydrogen-bond acceptors (Lipinski definition) is 5. The van der Waals surface area contributed by atoms with E-state index in [1.165, 1.54) is 6.07 Å². The molecule has 1 heterocycles. The van der Waals surface area contributed by atoms with E-state index in [0.29, 0.717) is 16.0 Å². The van der Waals surface area contributed by atoms with E-state index in [0.717, 1.165) is 17.4 Å². The lowest BCUT2D eigenvalue weighted by Crippen LogP contribution is -2.04. The summed E-state index contributed by atoms with van der Waals surface area (Å²) >= 11 is 4.22. The quantitative estimate of drug-likeness (QED) is 0.872. The SMILES string of the molecule is CNCc1nnc(Oc2cc(Br)cc(F)c2F)s1. The van der Waals surface area contributed by atoms with Gasteiger partial charge in [0.25, 0.3) is 5.19 Å². The smallest absolute Gasteiger partial charge is 0.299 e. The number of aromatic nitrogens is 2. The molecule has 0 unspecified atom stereocenters. The molecule has 0 bridgehead atoms. The molecule has 0 amide bonds. The summed E-state index contributed by atoms with van der Waals surface area (Å²) in [5, 5.41) is 11.3. The van der Waals surface area contributed by atoms with Crippen molar-refractivity contribution in [3.05, 3.63) is 33.2 Å². The van der Waals surface area contributed by atoms with Crippen LogP contribution in [-0.2, 0) is 6.54 Å². The molecule has 0 saturated heterocycles. The highest BCUT2D eigenvalue weighted by Crippen LogP contribution is 2.30. The van der Waals surface area contributed by atoms with Crippen LogP contribution in [0.4, 0.5) is 8.78 Å². The highest BCUT2D eigenvalue weighted by molar-refractivity contribution is 9.10. The van der Waals surface area contributed by atoms with Gasteiger partial charge in [-0.1, -0.05) is 32.4 Å². The molecule has 0 aliphatic rings. The van der Waals surface area contributed by atoms with Gasteiger partial charge in [0.15, 0.2) is 11.6 Å². The summed E-state index contributed by atoms with van der Waals surface area (Å²) in [5.41, 5.74) is 0. The maximum absolute atomic E-state index is 13.4. The maximum atomic E-state index is 13.4. The molecule has 0 atom stereocenters. The van der Waals surface area contributed by atoms with Crippen molar-refractivity contribution in [2.24, 2.45) is 0 Å². The fraction of sp³-hybridized carbons (Fsp3) is 0.200. The van der Waals surface area contributed by atoms with Gasteiger partial charge in [-0.15, -0.1) is 5.10 Å². The van der Waals surface area contributed by atoms with E-state index in [9.17, 15) is 8.78 Å². The first-order chi connectivity index (χ1) is 8.60. The lowest BCUT2D eigenvalue weighted by Gasteiger charge is -2.04. The van der Waals surface area contributed by atoms with Crippen LogP contribution in [0.25, 0.3) is 0 Å². The second-order valence-electron chi connectivity index (χ2n) is 3.29. The molecule has 96 valence electrons. The Kier molecular flexibility index (Phi) is 4.20. The summed E-state index contributed by atoms with van der Waals surface area (Å²) in [6.45, 7) is 0.538. The second-order valence-corrected chi connectivity index (χ2v) is 5.23. The van der Waals surface area contributed by atoms with Crippen LogP contribution in [0.1, 0.15) is 5.01 Å². The average Bonchev–Trinajstić information content (AvgIpc) is 2.73. The van der Waals surface area contributed by atoms with Crippen molar-refractivity contribution in [1.29, 1.82) is 0 Å². The molecule has 1 aromatic carbocycles. The number of rotatable bonds is 4. The van der Waals surface area contributed by atoms with E-state index in [-0.39, 0.29) is 10.9 Å². The molecule has 2 aromatic rings. The molecule has 0 aliphatic heterocycles. The first-order valence-electron chi connectivity index (χ1n) is 4.89. The fourth-order valence-corrected chi connectivity index (χ4v) is 2.32. The minimum atomic E-state index is -1.05. The lowest BCUT2D eigenvalue weighted by molar-refractivity contribution is 0.411. The number of halogens is 3. The van der Waals surface area contributed by atoms with Crippen LogP contribution in [0, 0.1) is 11.6 Å². The summed E-state index contributed by atoms with van der Waals surface area (Å²) in [4.78, 5) is 0. The molecule has 4 nitrogen and oxygen atoms in total. The first-order valence-corrected chi connectivity index (χ1v) is 6.50. The molecule has 18 heavy (non-hydrogen) atoms. The highest BCUT2D eigenvalue weighted by Gasteiger charge is 2.14. The summed E-state index contributed by atoms with van der Waals surface area (Å²) < 4.78 is 32.1. The van der Waals surface area contributed by atoms with Crippen molar-refractivity contribution in [2.75, 3.05) is 7.05 Å². The molecule has 8 heteroatoms. The molecule has 0 spiro atoms. The minimum Gasteiger partial charge on any atom is -0.426 e. The third-order valence-electron chi connectivity index (χ3n) is 1.93. The fourth-order valence-electron chi connectivity index (χ4n) is 1.20. The van der Waals surface area contributed by atoms with Gasteiger partial charge in [-0.05, 0) is 19.2 Å². The zero-order chi connectivity index (χ0) is 13.1. The summed E-state index contributed by atoms with van der Waals surface area (Å²) in [6.07, 6.45) is 0. The number of ether oxygens (including phenoxy) is 1. The van der Waals surface area contributed by atoms with E-state index in [1.807, 2.05) is 0 Å². The van der Waals surface area contributed by atoms with Crippen molar-refractivity contribution in [2.45, 2.75) is 6.54 Å². The van der Waals surface area contributed by atoms with E-state index in [1.54, 1.807) is 7.05 Å². The number of nitrogens with one attached hydrogen (secondary N) is 1. The van der Waals surface area contributed by atoms with Crippen LogP contribution in [-0.4, -0.2) is 17.2 Å². The molecule has 1 aromatic heterocycles. The van der Waals surface area contributed by atoms with Crippen LogP contribution in [0.3, 0.4) is 0 Å². The summed E-state index contributed by atoms with van der Waals surface area (Å²) in [5.74, 6) is -2.27. The average molecular weight is 336 g/mol. The molecule has 0 fully saturated rings. The zero-order valence-corrected chi connectivity index (χ0v) is 11.6. The normalized spacial score (nSPS) is 10.7. The summed E-state index contributed by atoms with van der Waals surface area (Å²) in [6, 6.07) is 2.35. The van der Waals surface area contributed by atoms with Crippen molar-refractivity contribution in [1.82, 2.24) is 15.5 Å². The van der Waals surface area contributed by atoms with Gasteiger partial charge in [0.2, 0.25) is 5.82 Å². The van der Waals surface area contributed by atoms with Crippen LogP contribution in [0.15, 0.2) is 16.6 Å². The zero-order valence-electron chi connectivity index (χ0n) is 9.21. The Labute approximate surface area is 114 Å². The topological polar surface area (TPSA) is 47.0 Å². The van der Waals surface area contributed by atoms with Crippen molar-refractivity contribution in [3.63, 3.8) is 0 Å². The molecule has 0 saturated carbocycles. The van der Waals surface area contributed by atoms with E-state index < -0.39 is 11.6 Å². The minimum absolute atomic E-state index is 0.164. The van der Waals surface area contributed by atoms with Gasteiger partial charge in [0, 0.05) is 11.0 Å². The van der Waals surface area contributed by atoms with Crippen LogP contribution in [0.5, 0.6) is 10.9 Å². The Hall–Kier alpha value is -1.12. The van der Waals surface area contributed by atoms with Gasteiger partial charge in [-0.2, -0.15) is 4.39 Å². The van der Waals surface area contributed by atoms with Gasteiger partial charge in [-0.3, -0.25) is 0 Å². The van der Waals surface area contributed by atoms with Crippen molar-refractivity contribution >= 4 is 27.3 Å². The van der Waals surface area contributed by atoms with Crippen LogP contribution < -0.4 is 10.1 Å². The van der Waals surface area contributed by atoms with Crippen LogP contribution in [0.2, 0.25) is 0 Å². The monoisotopic (exact) mass is 335 g/mol. The van der Waals surface area contributed by atoms with Gasteiger partial charge < -0.3 is 10.1 Å². The highest BCUT2D eigenvalue weighted by atomic mass is 79.9. The first kappa shape index (κ1) is 13.3. The molecule has 0 radical (unpaired) electrons. The van der Waals surface area contributed by atoms with Gasteiger partial charge in [0.05, 0.1) is 0 Å². The Morgan fingerprint density at radius 2 is 2.17 bits per heavy atom. The largest absolute Gasteiger partial charge is 0.426 e. The predicted octanol–water partition coefficient (Wildman–Crippen LogP) is 3.09. The second kappa shape index (κ2) is 5.68. The van der Waals surface area contributed by atoms with Crippen molar-refractivity contribution in [3.8, 4) is 10.9 Å². The molecular weight excluding hydrogens is 328 g/mol. The standard InChI is InChI=1S/C10H8BrF2N3OS/c1-14-4-8-15-16-10(18-8)17-7-3-5(11)2-6(12)9(7)13/h2-3,14H,4H2,1H3. The van der Waals surface area contributed by atoms with Gasteiger partial charge in [0.1, 0.15) is 5.01 Å². The van der Waals surface area contributed by atoms with E-state index in [4.69, 9.17) is 4.74 Å². The number of hydrogen-bond donors (Lipinski definition) is 1. The van der Waals surface area contributed by atoms with E-state index >= 15 is 0 Å². The van der Waals surface area contributed by atoms with Crippen molar-refractivity contribution < 1.29 is 13.5 Å². The molecule has 2 rings (SSSR count). The Balaban J connectivity index is 2.22. The number of benzene rings is 1. The molecule has 0 aliphatic carbocycles. The predicted molar refractivity (Wildman–Crippen MR) is 66.8 cm³/mol. The Bertz CT molecular complexity index is 564. The third kappa shape index (κ3) is 3.01. The maximum Gasteiger partial charge on any atom is 0.299 e. The van der Waals surface area contributed by atoms with Gasteiger partial charge >= 0.3 is 0 Å². The van der Waals surface area contributed by atoms with Gasteiger partial charge in [-0.25, -0.2) is 4.39 Å². The number of nitrogens with zero attached hydrogens (tertiary/aromatic N) is 2. The lowest BCUT2D eigenvalue weighted by atomic mass is 10.3. The van der Waals surface area contributed by atoms with E-state index in [2.05, 4.69) is 31.4 Å². The third-order valence-corrected chi connectivity index (χ3v) is 3.19. The molecular formula is C10H8BrF2N3OS. The Morgan fingerprint density at radius 1 is 1.39 bits per heavy atom.